The highest BCUT2D eigenvalue weighted by atomic mass is 32.2. The quantitative estimate of drug-likeness (QED) is 0.443. The van der Waals surface area contributed by atoms with Gasteiger partial charge in [0.1, 0.15) is 11.5 Å². The predicted molar refractivity (Wildman–Crippen MR) is 92.7 cm³/mol. The van der Waals surface area contributed by atoms with Gasteiger partial charge in [-0.15, -0.1) is 0 Å². The number of fused-ring (bicyclic) bond motifs is 1. The molecule has 0 radical (unpaired) electrons. The standard InChI is InChI=1S/C17H15F4N3O2S/c1-9(13-7-10(25-2)5-6-22-13)27-16-23-12-4-3-11(8-14(12)24-16)26-17(20,21)15(18)19/h3-9,15H,1-2H3,(H,23,24). The van der Waals surface area contributed by atoms with Crippen molar-refractivity contribution < 1.29 is 27.0 Å². The van der Waals surface area contributed by atoms with Crippen LogP contribution < -0.4 is 9.47 Å². The molecule has 0 bridgehead atoms. The van der Waals surface area contributed by atoms with Gasteiger partial charge < -0.3 is 14.5 Å². The number of halogens is 4. The first-order chi connectivity index (χ1) is 12.8. The summed E-state index contributed by atoms with van der Waals surface area (Å²) in [5.74, 6) is 0.300. The fourth-order valence-corrected chi connectivity index (χ4v) is 3.20. The van der Waals surface area contributed by atoms with Crippen molar-refractivity contribution in [1.82, 2.24) is 15.0 Å². The van der Waals surface area contributed by atoms with Crippen molar-refractivity contribution in [3.8, 4) is 11.5 Å². The van der Waals surface area contributed by atoms with Crippen molar-refractivity contribution in [3.05, 3.63) is 42.2 Å². The van der Waals surface area contributed by atoms with E-state index in [1.54, 1.807) is 25.4 Å². The highest BCUT2D eigenvalue weighted by Gasteiger charge is 2.44. The molecule has 3 aromatic rings. The summed E-state index contributed by atoms with van der Waals surface area (Å²) < 4.78 is 59.9. The number of benzene rings is 1. The molecule has 3 rings (SSSR count). The molecule has 1 N–H and O–H groups in total. The average molecular weight is 401 g/mol. The second kappa shape index (κ2) is 7.63. The van der Waals surface area contributed by atoms with Gasteiger partial charge in [-0.05, 0) is 25.1 Å². The number of ether oxygens (including phenoxy) is 2. The third kappa shape index (κ3) is 4.44. The molecule has 0 amide bonds. The van der Waals surface area contributed by atoms with Crippen molar-refractivity contribution in [2.45, 2.75) is 29.9 Å². The second-order valence-corrected chi connectivity index (χ2v) is 6.90. The molecule has 0 aliphatic carbocycles. The van der Waals surface area contributed by atoms with E-state index in [4.69, 9.17) is 4.74 Å². The molecule has 2 aromatic heterocycles. The molecule has 0 aliphatic rings. The first kappa shape index (κ1) is 19.3. The van der Waals surface area contributed by atoms with Crippen LogP contribution in [0.5, 0.6) is 11.5 Å². The van der Waals surface area contributed by atoms with Gasteiger partial charge >= 0.3 is 12.5 Å². The molecule has 1 aromatic carbocycles. The SMILES string of the molecule is COc1ccnc(C(C)Sc2nc3ccc(OC(F)(F)C(F)F)cc3[nH]2)c1. The zero-order chi connectivity index (χ0) is 19.6. The number of methoxy groups -OCH3 is 1. The number of thioether (sulfide) groups is 1. The van der Waals surface area contributed by atoms with Gasteiger partial charge in [-0.2, -0.15) is 17.6 Å². The Hall–Kier alpha value is -2.49. The van der Waals surface area contributed by atoms with E-state index in [0.717, 1.165) is 5.69 Å². The highest BCUT2D eigenvalue weighted by Crippen LogP contribution is 2.35. The number of nitrogens with one attached hydrogen (secondary N) is 1. The van der Waals surface area contributed by atoms with Crippen LogP contribution in [-0.4, -0.2) is 34.6 Å². The fraction of sp³-hybridized carbons (Fsp3) is 0.294. The Morgan fingerprint density at radius 3 is 2.63 bits per heavy atom. The normalized spacial score (nSPS) is 13.1. The molecule has 10 heteroatoms. The Kier molecular flexibility index (Phi) is 5.45. The summed E-state index contributed by atoms with van der Waals surface area (Å²) in [5, 5.41) is 0.458. The van der Waals surface area contributed by atoms with Gasteiger partial charge in [0, 0.05) is 18.3 Å². The lowest BCUT2D eigenvalue weighted by molar-refractivity contribution is -0.253. The van der Waals surface area contributed by atoms with Crippen molar-refractivity contribution in [1.29, 1.82) is 0 Å². The maximum atomic E-state index is 13.0. The number of pyridine rings is 1. The second-order valence-electron chi connectivity index (χ2n) is 5.57. The number of rotatable bonds is 7. The van der Waals surface area contributed by atoms with Crippen molar-refractivity contribution >= 4 is 22.8 Å². The van der Waals surface area contributed by atoms with Crippen LogP contribution in [0.2, 0.25) is 0 Å². The summed E-state index contributed by atoms with van der Waals surface area (Å²) in [7, 11) is 1.56. The first-order valence-corrected chi connectivity index (χ1v) is 8.68. The lowest BCUT2D eigenvalue weighted by Crippen LogP contribution is -2.33. The molecule has 5 nitrogen and oxygen atoms in total. The van der Waals surface area contributed by atoms with Crippen LogP contribution in [0.4, 0.5) is 17.6 Å². The number of aromatic nitrogens is 3. The minimum atomic E-state index is -4.56. The van der Waals surface area contributed by atoms with E-state index in [2.05, 4.69) is 19.7 Å². The third-order valence-electron chi connectivity index (χ3n) is 3.63. The number of nitrogens with zero attached hydrogens (tertiary/aromatic N) is 2. The first-order valence-electron chi connectivity index (χ1n) is 7.80. The summed E-state index contributed by atoms with van der Waals surface area (Å²) in [6.07, 6.45) is -6.84. The van der Waals surface area contributed by atoms with E-state index in [-0.39, 0.29) is 11.0 Å². The van der Waals surface area contributed by atoms with Crippen molar-refractivity contribution in [2.24, 2.45) is 0 Å². The Labute approximate surface area is 156 Å². The van der Waals surface area contributed by atoms with Gasteiger partial charge in [-0.25, -0.2) is 4.98 Å². The van der Waals surface area contributed by atoms with Crippen LogP contribution in [0.25, 0.3) is 11.0 Å². The molecule has 1 unspecified atom stereocenters. The average Bonchev–Trinajstić information content (AvgIpc) is 3.02. The molecule has 0 spiro atoms. The number of hydrogen-bond acceptors (Lipinski definition) is 5. The number of H-pyrrole nitrogens is 1. The monoisotopic (exact) mass is 401 g/mol. The molecule has 0 fully saturated rings. The minimum Gasteiger partial charge on any atom is -0.497 e. The lowest BCUT2D eigenvalue weighted by Gasteiger charge is -2.16. The van der Waals surface area contributed by atoms with E-state index in [1.165, 1.54) is 30.0 Å². The summed E-state index contributed by atoms with van der Waals surface area (Å²) >= 11 is 1.37. The zero-order valence-electron chi connectivity index (χ0n) is 14.2. The molecule has 0 saturated heterocycles. The highest BCUT2D eigenvalue weighted by molar-refractivity contribution is 7.99. The molecule has 1 atom stereocenters. The summed E-state index contributed by atoms with van der Waals surface area (Å²) in [6, 6.07) is 7.33. The van der Waals surface area contributed by atoms with Gasteiger partial charge in [0.05, 0.1) is 29.1 Å². The van der Waals surface area contributed by atoms with Crippen molar-refractivity contribution in [2.75, 3.05) is 7.11 Å². The smallest absolute Gasteiger partial charge is 0.461 e. The van der Waals surface area contributed by atoms with Crippen LogP contribution in [-0.2, 0) is 0 Å². The number of imidazole rings is 1. The van der Waals surface area contributed by atoms with Crippen LogP contribution in [0.3, 0.4) is 0 Å². The van der Waals surface area contributed by atoms with E-state index in [9.17, 15) is 17.6 Å². The van der Waals surface area contributed by atoms with Crippen LogP contribution in [0, 0.1) is 0 Å². The van der Waals surface area contributed by atoms with Gasteiger partial charge in [-0.1, -0.05) is 11.8 Å². The lowest BCUT2D eigenvalue weighted by atomic mass is 10.3. The number of hydrogen-bond donors (Lipinski definition) is 1. The summed E-state index contributed by atoms with van der Waals surface area (Å²) in [6.45, 7) is 1.93. The third-order valence-corrected chi connectivity index (χ3v) is 4.64. The predicted octanol–water partition coefficient (Wildman–Crippen LogP) is 5.06. The molecule has 2 heterocycles. The Bertz CT molecular complexity index is 935. The van der Waals surface area contributed by atoms with Crippen LogP contribution in [0.1, 0.15) is 17.9 Å². The van der Waals surface area contributed by atoms with E-state index in [0.29, 0.717) is 21.9 Å². The van der Waals surface area contributed by atoms with Crippen LogP contribution >= 0.6 is 11.8 Å². The fourth-order valence-electron chi connectivity index (χ4n) is 2.29. The van der Waals surface area contributed by atoms with E-state index in [1.807, 2.05) is 6.92 Å². The summed E-state index contributed by atoms with van der Waals surface area (Å²) in [4.78, 5) is 11.6. The largest absolute Gasteiger partial charge is 0.497 e. The molecular weight excluding hydrogens is 386 g/mol. The van der Waals surface area contributed by atoms with Gasteiger partial charge in [-0.3, -0.25) is 4.98 Å². The van der Waals surface area contributed by atoms with Crippen molar-refractivity contribution in [3.63, 3.8) is 0 Å². The Balaban J connectivity index is 1.78. The Morgan fingerprint density at radius 1 is 1.15 bits per heavy atom. The summed E-state index contributed by atoms with van der Waals surface area (Å²) in [5.41, 5.74) is 1.67. The number of alkyl halides is 4. The Morgan fingerprint density at radius 2 is 1.93 bits per heavy atom. The van der Waals surface area contributed by atoms with E-state index < -0.39 is 12.5 Å². The zero-order valence-corrected chi connectivity index (χ0v) is 15.1. The molecule has 27 heavy (non-hydrogen) atoms. The maximum Gasteiger partial charge on any atom is 0.461 e. The molecule has 144 valence electrons. The van der Waals surface area contributed by atoms with Gasteiger partial charge in [0.15, 0.2) is 5.16 Å². The van der Waals surface area contributed by atoms with E-state index >= 15 is 0 Å². The van der Waals surface area contributed by atoms with Gasteiger partial charge in [0.25, 0.3) is 0 Å². The van der Waals surface area contributed by atoms with Gasteiger partial charge in [0.2, 0.25) is 0 Å². The minimum absolute atomic E-state index is 0.0699. The molecular formula is C17H15F4N3O2S. The topological polar surface area (TPSA) is 60.0 Å². The van der Waals surface area contributed by atoms with Crippen LogP contribution in [0.15, 0.2) is 41.7 Å². The number of aromatic amines is 1. The maximum absolute atomic E-state index is 13.0. The molecule has 0 saturated carbocycles. The molecule has 0 aliphatic heterocycles.